The van der Waals surface area contributed by atoms with Crippen molar-refractivity contribution in [2.75, 3.05) is 18.6 Å². The van der Waals surface area contributed by atoms with E-state index in [4.69, 9.17) is 16.2 Å². The van der Waals surface area contributed by atoms with Gasteiger partial charge in [0, 0.05) is 18.8 Å². The number of rotatable bonds is 7. The fourth-order valence-electron chi connectivity index (χ4n) is 3.39. The van der Waals surface area contributed by atoms with Crippen LogP contribution in [0.5, 0.6) is 5.75 Å². The van der Waals surface area contributed by atoms with Crippen LogP contribution in [-0.2, 0) is 13.0 Å². The molecule has 0 saturated heterocycles. The zero-order valence-electron chi connectivity index (χ0n) is 19.7. The molecule has 35 heavy (non-hydrogen) atoms. The van der Waals surface area contributed by atoms with Crippen LogP contribution >= 0.6 is 0 Å². The van der Waals surface area contributed by atoms with Gasteiger partial charge >= 0.3 is 5.69 Å². The lowest BCUT2D eigenvalue weighted by Gasteiger charge is -2.05. The second-order valence-electron chi connectivity index (χ2n) is 7.82. The summed E-state index contributed by atoms with van der Waals surface area (Å²) in [6.45, 7) is 0.418. The summed E-state index contributed by atoms with van der Waals surface area (Å²) in [5.74, 6) is 0.819. The van der Waals surface area contributed by atoms with Gasteiger partial charge in [0.25, 0.3) is 5.56 Å². The third kappa shape index (κ3) is 7.50. The Kier molecular flexibility index (Phi) is 9.07. The molecule has 5 N–H and O–H groups in total. The lowest BCUT2D eigenvalue weighted by molar-refractivity contribution is 0.414. The van der Waals surface area contributed by atoms with Crippen LogP contribution in [0.25, 0.3) is 12.2 Å². The molecule has 1 aromatic heterocycles. The highest BCUT2D eigenvalue weighted by Gasteiger charge is 2.01. The van der Waals surface area contributed by atoms with Crippen molar-refractivity contribution in [1.29, 1.82) is 0 Å². The van der Waals surface area contributed by atoms with Crippen molar-refractivity contribution in [2.24, 2.45) is 0 Å². The molecular weight excluding hydrogens is 440 g/mol. The van der Waals surface area contributed by atoms with E-state index >= 15 is 0 Å². The van der Waals surface area contributed by atoms with Crippen LogP contribution in [0, 0.1) is 0 Å². The van der Waals surface area contributed by atoms with Gasteiger partial charge in [-0.05, 0) is 47.7 Å². The molecule has 0 fully saturated rings. The number of nitrogens with one attached hydrogen (secondary N) is 1. The fourth-order valence-corrected chi connectivity index (χ4v) is 3.39. The van der Waals surface area contributed by atoms with E-state index in [1.165, 1.54) is 16.8 Å². The Morgan fingerprint density at radius 3 is 2.31 bits per heavy atom. The maximum absolute atomic E-state index is 11.5. The Hall–Kier alpha value is -4.52. The number of ether oxygens (including phenoxy) is 1. The first-order valence-electron chi connectivity index (χ1n) is 11.3. The molecule has 4 aromatic rings. The van der Waals surface area contributed by atoms with Gasteiger partial charge in [0.15, 0.2) is 0 Å². The minimum atomic E-state index is -0.359. The molecule has 0 aliphatic rings. The number of nitrogens with zero attached hydrogens (tertiary/aromatic N) is 1. The molecule has 0 amide bonds. The smallest absolute Gasteiger partial charge is 0.328 e. The summed E-state index contributed by atoms with van der Waals surface area (Å²) in [4.78, 5) is 25.4. The number of H-pyrrole nitrogens is 1. The van der Waals surface area contributed by atoms with Gasteiger partial charge in [0.2, 0.25) is 0 Å². The highest BCUT2D eigenvalue weighted by atomic mass is 16.5. The van der Waals surface area contributed by atoms with Crippen LogP contribution in [0.1, 0.15) is 23.1 Å². The summed E-state index contributed by atoms with van der Waals surface area (Å²) in [5, 5.41) is 0. The molecule has 0 aliphatic carbocycles. The van der Waals surface area contributed by atoms with Crippen molar-refractivity contribution in [3.63, 3.8) is 0 Å². The highest BCUT2D eigenvalue weighted by Crippen LogP contribution is 2.21. The van der Waals surface area contributed by atoms with Crippen molar-refractivity contribution >= 4 is 23.5 Å². The SMILES string of the molecule is COc1ccc(CCCn2c(=O)cc[nH]c2=O)cc1.Nc1cccc(C=Cc2ccccc2)c1N. The van der Waals surface area contributed by atoms with Gasteiger partial charge in [-0.15, -0.1) is 0 Å². The molecule has 3 aromatic carbocycles. The summed E-state index contributed by atoms with van der Waals surface area (Å²) in [5.41, 5.74) is 15.5. The molecule has 0 aliphatic heterocycles. The van der Waals surface area contributed by atoms with E-state index in [9.17, 15) is 9.59 Å². The van der Waals surface area contributed by atoms with E-state index in [1.807, 2.05) is 78.9 Å². The number of hydrogen-bond acceptors (Lipinski definition) is 5. The second-order valence-corrected chi connectivity index (χ2v) is 7.82. The van der Waals surface area contributed by atoms with Crippen LogP contribution in [-0.4, -0.2) is 16.7 Å². The molecule has 0 radical (unpaired) electrons. The van der Waals surface area contributed by atoms with Crippen molar-refractivity contribution in [2.45, 2.75) is 19.4 Å². The number of nitrogen functional groups attached to an aromatic ring is 2. The highest BCUT2D eigenvalue weighted by molar-refractivity contribution is 5.81. The lowest BCUT2D eigenvalue weighted by Crippen LogP contribution is -2.33. The van der Waals surface area contributed by atoms with E-state index < -0.39 is 0 Å². The molecule has 1 heterocycles. The standard InChI is InChI=1S/C14H16N2O3.C14H14N2/c1-19-12-6-4-11(5-7-12)3-2-10-16-13(17)8-9-15-14(16)18;15-13-8-4-7-12(14(13)16)10-9-11-5-2-1-3-6-11/h4-9H,2-3,10H2,1H3,(H,15,18);1-10H,15-16H2. The predicted molar refractivity (Wildman–Crippen MR) is 143 cm³/mol. The molecular formula is C28H30N4O3. The number of nitrogens with two attached hydrogens (primary N) is 2. The average Bonchev–Trinajstić information content (AvgIpc) is 2.88. The van der Waals surface area contributed by atoms with Crippen LogP contribution in [0.4, 0.5) is 11.4 Å². The molecule has 0 bridgehead atoms. The first kappa shape index (κ1) is 25.1. The Labute approximate surface area is 204 Å². The first-order chi connectivity index (χ1) is 17.0. The van der Waals surface area contributed by atoms with Gasteiger partial charge in [-0.2, -0.15) is 0 Å². The molecule has 7 nitrogen and oxygen atoms in total. The fraction of sp³-hybridized carbons (Fsp3) is 0.143. The van der Waals surface area contributed by atoms with Crippen LogP contribution < -0.4 is 27.5 Å². The van der Waals surface area contributed by atoms with Crippen LogP contribution in [0.2, 0.25) is 0 Å². The Bertz CT molecular complexity index is 1330. The predicted octanol–water partition coefficient (Wildman–Crippen LogP) is 4.20. The van der Waals surface area contributed by atoms with E-state index in [0.717, 1.165) is 35.3 Å². The normalized spacial score (nSPS) is 10.5. The Morgan fingerprint density at radius 1 is 0.886 bits per heavy atom. The largest absolute Gasteiger partial charge is 0.497 e. The van der Waals surface area contributed by atoms with Crippen molar-refractivity contribution < 1.29 is 4.74 Å². The maximum atomic E-state index is 11.5. The first-order valence-corrected chi connectivity index (χ1v) is 11.3. The zero-order valence-corrected chi connectivity index (χ0v) is 19.7. The molecule has 7 heteroatoms. The van der Waals surface area contributed by atoms with E-state index in [-0.39, 0.29) is 11.2 Å². The Morgan fingerprint density at radius 2 is 1.63 bits per heavy atom. The van der Waals surface area contributed by atoms with Crippen molar-refractivity contribution in [3.8, 4) is 5.75 Å². The summed E-state index contributed by atoms with van der Waals surface area (Å²) in [7, 11) is 1.63. The van der Waals surface area contributed by atoms with Crippen molar-refractivity contribution in [1.82, 2.24) is 9.55 Å². The summed E-state index contributed by atoms with van der Waals surface area (Å²) in [6, 6.07) is 24.8. The number of aromatic nitrogens is 2. The third-order valence-electron chi connectivity index (χ3n) is 5.38. The van der Waals surface area contributed by atoms with Gasteiger partial charge in [-0.25, -0.2) is 4.79 Å². The van der Waals surface area contributed by atoms with Crippen LogP contribution in [0.3, 0.4) is 0 Å². The number of anilines is 2. The Balaban J connectivity index is 0.000000198. The van der Waals surface area contributed by atoms with Gasteiger partial charge in [-0.3, -0.25) is 9.36 Å². The maximum Gasteiger partial charge on any atom is 0.328 e. The number of benzene rings is 3. The lowest BCUT2D eigenvalue weighted by atomic mass is 10.1. The van der Waals surface area contributed by atoms with E-state index in [0.29, 0.717) is 17.9 Å². The van der Waals surface area contributed by atoms with E-state index in [2.05, 4.69) is 4.98 Å². The van der Waals surface area contributed by atoms with Gasteiger partial charge in [0.1, 0.15) is 5.75 Å². The minimum Gasteiger partial charge on any atom is -0.497 e. The monoisotopic (exact) mass is 470 g/mol. The number of hydrogen-bond donors (Lipinski definition) is 3. The molecule has 4 rings (SSSR count). The molecule has 0 spiro atoms. The second kappa shape index (κ2) is 12.6. The van der Waals surface area contributed by atoms with Crippen LogP contribution in [0.15, 0.2) is 94.6 Å². The minimum absolute atomic E-state index is 0.265. The third-order valence-corrected chi connectivity index (χ3v) is 5.38. The molecule has 0 atom stereocenters. The summed E-state index contributed by atoms with van der Waals surface area (Å²) < 4.78 is 6.30. The molecule has 180 valence electrons. The van der Waals surface area contributed by atoms with E-state index in [1.54, 1.807) is 13.2 Å². The van der Waals surface area contributed by atoms with Gasteiger partial charge < -0.3 is 21.2 Å². The summed E-state index contributed by atoms with van der Waals surface area (Å²) >= 11 is 0. The summed E-state index contributed by atoms with van der Waals surface area (Å²) in [6.07, 6.45) is 6.90. The quantitative estimate of drug-likeness (QED) is 0.277. The molecule has 0 unspecified atom stereocenters. The molecule has 0 saturated carbocycles. The van der Waals surface area contributed by atoms with Gasteiger partial charge in [0.05, 0.1) is 18.5 Å². The number of aryl methyl sites for hydroxylation is 1. The topological polar surface area (TPSA) is 116 Å². The number of methoxy groups -OCH3 is 1. The number of aromatic amines is 1. The average molecular weight is 471 g/mol. The zero-order chi connectivity index (χ0) is 25.0. The number of para-hydroxylation sites is 1. The van der Waals surface area contributed by atoms with Gasteiger partial charge in [-0.1, -0.05) is 66.7 Å². The van der Waals surface area contributed by atoms with Crippen molar-refractivity contribution in [3.05, 3.63) is 123 Å².